The molecule has 1 rings (SSSR count). The van der Waals surface area contributed by atoms with E-state index in [1.165, 1.54) is 0 Å². The fourth-order valence-corrected chi connectivity index (χ4v) is 0.903. The van der Waals surface area contributed by atoms with Gasteiger partial charge in [0, 0.05) is 6.42 Å². The Morgan fingerprint density at radius 3 is 2.70 bits per heavy atom. The van der Waals surface area contributed by atoms with Gasteiger partial charge < -0.3 is 4.98 Å². The number of aryl methyl sites for hydroxylation is 2. The summed E-state index contributed by atoms with van der Waals surface area (Å²) in [7, 11) is 0. The Hall–Kier alpha value is -1.05. The van der Waals surface area contributed by atoms with Gasteiger partial charge in [0.05, 0.1) is 11.4 Å². The molecule has 0 radical (unpaired) electrons. The van der Waals surface area contributed by atoms with Crippen LogP contribution in [0.15, 0.2) is 6.58 Å². The quantitative estimate of drug-likeness (QED) is 0.661. The van der Waals surface area contributed by atoms with E-state index in [1.54, 1.807) is 6.08 Å². The first-order valence-electron chi connectivity index (χ1n) is 3.45. The molecule has 1 N–H and O–H groups in total. The minimum atomic E-state index is 0.953. The van der Waals surface area contributed by atoms with Gasteiger partial charge in [-0.1, -0.05) is 13.5 Å². The van der Waals surface area contributed by atoms with Gasteiger partial charge in [0.25, 0.3) is 0 Å². The van der Waals surface area contributed by atoms with Crippen molar-refractivity contribution in [3.63, 3.8) is 0 Å². The van der Waals surface area contributed by atoms with Gasteiger partial charge in [0.2, 0.25) is 0 Å². The number of hydrogen-bond acceptors (Lipinski definition) is 1. The van der Waals surface area contributed by atoms with Crippen molar-refractivity contribution in [2.75, 3.05) is 0 Å². The summed E-state index contributed by atoms with van der Waals surface area (Å²) in [5.41, 5.74) is 2.07. The van der Waals surface area contributed by atoms with Crippen molar-refractivity contribution in [3.05, 3.63) is 23.8 Å². The molecule has 0 spiro atoms. The lowest BCUT2D eigenvalue weighted by Gasteiger charge is -1.83. The van der Waals surface area contributed by atoms with Gasteiger partial charge in [0.1, 0.15) is 5.82 Å². The maximum absolute atomic E-state index is 4.27. The maximum atomic E-state index is 4.27. The molecule has 0 amide bonds. The summed E-state index contributed by atoms with van der Waals surface area (Å²) in [4.78, 5) is 7.42. The summed E-state index contributed by atoms with van der Waals surface area (Å²) in [5.74, 6) is 1.03. The predicted molar refractivity (Wildman–Crippen MR) is 42.8 cm³/mol. The van der Waals surface area contributed by atoms with Crippen molar-refractivity contribution in [2.45, 2.75) is 20.3 Å². The van der Waals surface area contributed by atoms with Crippen LogP contribution in [0.4, 0.5) is 0 Å². The first kappa shape index (κ1) is 7.06. The van der Waals surface area contributed by atoms with Crippen LogP contribution in [0.5, 0.6) is 0 Å². The zero-order chi connectivity index (χ0) is 7.56. The molecule has 0 saturated carbocycles. The molecule has 0 bridgehead atoms. The third-order valence-electron chi connectivity index (χ3n) is 1.51. The van der Waals surface area contributed by atoms with E-state index < -0.39 is 0 Å². The lowest BCUT2D eigenvalue weighted by Crippen LogP contribution is -1.80. The number of imidazole rings is 1. The van der Waals surface area contributed by atoms with Crippen LogP contribution in [-0.4, -0.2) is 9.97 Å². The number of aromatic amines is 1. The number of nitrogens with one attached hydrogen (secondary N) is 1. The van der Waals surface area contributed by atoms with Crippen LogP contribution in [0.1, 0.15) is 24.1 Å². The second-order valence-electron chi connectivity index (χ2n) is 2.24. The molecule has 2 heteroatoms. The molecular formula is C8H12N2. The van der Waals surface area contributed by atoms with Crippen molar-refractivity contribution < 1.29 is 0 Å². The molecule has 10 heavy (non-hydrogen) atoms. The summed E-state index contributed by atoms with van der Waals surface area (Å²) < 4.78 is 0. The zero-order valence-corrected chi connectivity index (χ0v) is 6.44. The standard InChI is InChI=1S/C8H12N2/c1-4-7-6(3)9-8(5-2)10-7/h4H,1,5H2,2-3H3,(H,9,10). The van der Waals surface area contributed by atoms with Gasteiger partial charge in [0.15, 0.2) is 0 Å². The summed E-state index contributed by atoms with van der Waals surface area (Å²) in [6.45, 7) is 7.72. The highest BCUT2D eigenvalue weighted by molar-refractivity contribution is 5.44. The fraction of sp³-hybridized carbons (Fsp3) is 0.375. The summed E-state index contributed by atoms with van der Waals surface area (Å²) in [5, 5.41) is 0. The van der Waals surface area contributed by atoms with Crippen LogP contribution in [-0.2, 0) is 6.42 Å². The van der Waals surface area contributed by atoms with Crippen LogP contribution in [0.3, 0.4) is 0 Å². The number of rotatable bonds is 2. The zero-order valence-electron chi connectivity index (χ0n) is 6.44. The van der Waals surface area contributed by atoms with Crippen molar-refractivity contribution in [3.8, 4) is 0 Å². The number of aromatic nitrogens is 2. The summed E-state index contributed by atoms with van der Waals surface area (Å²) in [6.07, 6.45) is 2.75. The van der Waals surface area contributed by atoms with E-state index in [4.69, 9.17) is 0 Å². The van der Waals surface area contributed by atoms with E-state index in [0.717, 1.165) is 23.6 Å². The van der Waals surface area contributed by atoms with E-state index >= 15 is 0 Å². The highest BCUT2D eigenvalue weighted by Gasteiger charge is 1.99. The highest BCUT2D eigenvalue weighted by atomic mass is 14.9. The molecule has 0 unspecified atom stereocenters. The molecule has 54 valence electrons. The monoisotopic (exact) mass is 136 g/mol. The van der Waals surface area contributed by atoms with E-state index in [2.05, 4.69) is 23.5 Å². The first-order valence-corrected chi connectivity index (χ1v) is 3.45. The molecule has 2 nitrogen and oxygen atoms in total. The molecule has 0 aromatic carbocycles. The van der Waals surface area contributed by atoms with Crippen LogP contribution in [0.25, 0.3) is 6.08 Å². The third-order valence-corrected chi connectivity index (χ3v) is 1.51. The second kappa shape index (κ2) is 2.69. The smallest absolute Gasteiger partial charge is 0.106 e. The fourth-order valence-electron chi connectivity index (χ4n) is 0.903. The Bertz CT molecular complexity index is 235. The Labute approximate surface area is 61.0 Å². The Morgan fingerprint density at radius 2 is 2.40 bits per heavy atom. The van der Waals surface area contributed by atoms with Gasteiger partial charge in [-0.3, -0.25) is 0 Å². The number of hydrogen-bond donors (Lipinski definition) is 1. The largest absolute Gasteiger partial charge is 0.342 e. The first-order chi connectivity index (χ1) is 4.77. The molecule has 0 aliphatic heterocycles. The topological polar surface area (TPSA) is 28.7 Å². The van der Waals surface area contributed by atoms with E-state index in [1.807, 2.05) is 6.92 Å². The normalized spacial score (nSPS) is 9.80. The Kier molecular flexibility index (Phi) is 1.90. The third kappa shape index (κ3) is 1.10. The van der Waals surface area contributed by atoms with E-state index in [-0.39, 0.29) is 0 Å². The number of H-pyrrole nitrogens is 1. The predicted octanol–water partition coefficient (Wildman–Crippen LogP) is 1.92. The van der Waals surface area contributed by atoms with Crippen LogP contribution in [0, 0.1) is 6.92 Å². The van der Waals surface area contributed by atoms with Crippen molar-refractivity contribution in [2.24, 2.45) is 0 Å². The van der Waals surface area contributed by atoms with E-state index in [9.17, 15) is 0 Å². The molecule has 0 saturated heterocycles. The Morgan fingerprint density at radius 1 is 1.70 bits per heavy atom. The van der Waals surface area contributed by atoms with Crippen LogP contribution < -0.4 is 0 Å². The van der Waals surface area contributed by atoms with Gasteiger partial charge >= 0.3 is 0 Å². The van der Waals surface area contributed by atoms with Crippen LogP contribution in [0.2, 0.25) is 0 Å². The molecule has 0 atom stereocenters. The van der Waals surface area contributed by atoms with Gasteiger partial charge in [-0.25, -0.2) is 4.98 Å². The highest BCUT2D eigenvalue weighted by Crippen LogP contribution is 2.05. The molecule has 0 aliphatic rings. The SMILES string of the molecule is C=Cc1[nH]c(CC)nc1C. The Balaban J connectivity index is 3.03. The molecule has 0 aliphatic carbocycles. The van der Waals surface area contributed by atoms with Gasteiger partial charge in [-0.15, -0.1) is 0 Å². The average molecular weight is 136 g/mol. The molecular weight excluding hydrogens is 124 g/mol. The summed E-state index contributed by atoms with van der Waals surface area (Å²) >= 11 is 0. The maximum Gasteiger partial charge on any atom is 0.106 e. The molecule has 0 fully saturated rings. The van der Waals surface area contributed by atoms with Crippen molar-refractivity contribution in [1.29, 1.82) is 0 Å². The van der Waals surface area contributed by atoms with Gasteiger partial charge in [-0.2, -0.15) is 0 Å². The van der Waals surface area contributed by atoms with Gasteiger partial charge in [-0.05, 0) is 13.0 Å². The average Bonchev–Trinajstić information content (AvgIpc) is 2.30. The number of nitrogens with zero attached hydrogens (tertiary/aromatic N) is 1. The van der Waals surface area contributed by atoms with Crippen molar-refractivity contribution >= 4 is 6.08 Å². The summed E-state index contributed by atoms with van der Waals surface area (Å²) in [6, 6.07) is 0. The lowest BCUT2D eigenvalue weighted by molar-refractivity contribution is 0.981. The van der Waals surface area contributed by atoms with Crippen LogP contribution >= 0.6 is 0 Å². The molecule has 1 aromatic heterocycles. The van der Waals surface area contributed by atoms with E-state index in [0.29, 0.717) is 0 Å². The second-order valence-corrected chi connectivity index (χ2v) is 2.24. The van der Waals surface area contributed by atoms with Crippen molar-refractivity contribution in [1.82, 2.24) is 9.97 Å². The minimum Gasteiger partial charge on any atom is -0.342 e. The molecule has 1 aromatic rings. The lowest BCUT2D eigenvalue weighted by atomic mass is 10.3. The molecule has 1 heterocycles. The minimum absolute atomic E-state index is 0.953.